The molecule has 0 bridgehead atoms. The van der Waals surface area contributed by atoms with Gasteiger partial charge in [-0.05, 0) is 49.6 Å². The Hall–Kier alpha value is -2.32. The fourth-order valence-electron chi connectivity index (χ4n) is 2.31. The summed E-state index contributed by atoms with van der Waals surface area (Å²) in [7, 11) is -3.33. The number of carbonyl (C=O) groups is 1. The Balaban J connectivity index is 2.01. The van der Waals surface area contributed by atoms with Crippen molar-refractivity contribution in [1.29, 1.82) is 0 Å². The quantitative estimate of drug-likeness (QED) is 0.750. The van der Waals surface area contributed by atoms with Crippen molar-refractivity contribution in [3.63, 3.8) is 0 Å². The fraction of sp³-hybridized carbons (Fsp3) is 0.316. The van der Waals surface area contributed by atoms with Gasteiger partial charge in [0.2, 0.25) is 10.0 Å². The number of nitrogens with one attached hydrogen (secondary N) is 2. The molecule has 0 aliphatic rings. The number of carbonyl (C=O) groups excluding carboxylic acids is 1. The van der Waals surface area contributed by atoms with E-state index in [1.54, 1.807) is 38.1 Å². The van der Waals surface area contributed by atoms with Gasteiger partial charge in [-0.3, -0.25) is 4.79 Å². The van der Waals surface area contributed by atoms with Gasteiger partial charge in [0.15, 0.2) is 0 Å². The molecule has 1 amide bonds. The topological polar surface area (TPSA) is 75.3 Å². The monoisotopic (exact) mass is 396 g/mol. The summed E-state index contributed by atoms with van der Waals surface area (Å²) in [6.45, 7) is 5.35. The molecule has 8 heteroatoms. The molecule has 0 saturated heterocycles. The highest BCUT2D eigenvalue weighted by Gasteiger charge is 2.17. The standard InChI is InChI=1S/C19H22F2N2O3S/c1-12(2)27(25,26)22-11-13(3)14-4-6-18(7-5-14)23-19(24)15-8-16(20)10-17(21)9-15/h4-10,12-13,22H,11H2,1-3H3,(H,23,24). The van der Waals surface area contributed by atoms with Crippen molar-refractivity contribution in [3.05, 3.63) is 65.2 Å². The van der Waals surface area contributed by atoms with Gasteiger partial charge in [-0.2, -0.15) is 0 Å². The van der Waals surface area contributed by atoms with Gasteiger partial charge in [0.05, 0.1) is 5.25 Å². The minimum atomic E-state index is -3.33. The van der Waals surface area contributed by atoms with Gasteiger partial charge in [-0.15, -0.1) is 0 Å². The molecule has 0 heterocycles. The Labute approximate surface area is 157 Å². The van der Waals surface area contributed by atoms with Crippen molar-refractivity contribution in [2.45, 2.75) is 31.9 Å². The molecule has 2 N–H and O–H groups in total. The smallest absolute Gasteiger partial charge is 0.255 e. The van der Waals surface area contributed by atoms with E-state index in [2.05, 4.69) is 10.0 Å². The molecule has 146 valence electrons. The van der Waals surface area contributed by atoms with Gasteiger partial charge < -0.3 is 5.32 Å². The van der Waals surface area contributed by atoms with Crippen LogP contribution in [0.3, 0.4) is 0 Å². The van der Waals surface area contributed by atoms with Crippen molar-refractivity contribution in [2.75, 3.05) is 11.9 Å². The third-order valence-electron chi connectivity index (χ3n) is 4.07. The van der Waals surface area contributed by atoms with Gasteiger partial charge in [-0.25, -0.2) is 21.9 Å². The van der Waals surface area contributed by atoms with Crippen LogP contribution in [0.1, 0.15) is 42.6 Å². The minimum Gasteiger partial charge on any atom is -0.322 e. The zero-order valence-electron chi connectivity index (χ0n) is 15.3. The first-order valence-electron chi connectivity index (χ1n) is 8.44. The molecule has 2 aromatic rings. The zero-order valence-corrected chi connectivity index (χ0v) is 16.1. The van der Waals surface area contributed by atoms with Crippen LogP contribution in [0.4, 0.5) is 14.5 Å². The van der Waals surface area contributed by atoms with Crippen LogP contribution in [0.25, 0.3) is 0 Å². The van der Waals surface area contributed by atoms with E-state index in [4.69, 9.17) is 0 Å². The van der Waals surface area contributed by atoms with Crippen LogP contribution in [-0.2, 0) is 10.0 Å². The highest BCUT2D eigenvalue weighted by molar-refractivity contribution is 7.90. The highest BCUT2D eigenvalue weighted by Crippen LogP contribution is 2.19. The van der Waals surface area contributed by atoms with E-state index >= 15 is 0 Å². The maximum atomic E-state index is 13.2. The first-order chi connectivity index (χ1) is 12.6. The van der Waals surface area contributed by atoms with Gasteiger partial charge in [0.1, 0.15) is 11.6 Å². The normalized spacial score (nSPS) is 12.8. The van der Waals surface area contributed by atoms with Crippen molar-refractivity contribution in [3.8, 4) is 0 Å². The lowest BCUT2D eigenvalue weighted by Gasteiger charge is -2.15. The predicted octanol–water partition coefficient (Wildman–Crippen LogP) is 3.65. The molecule has 0 radical (unpaired) electrons. The molecule has 27 heavy (non-hydrogen) atoms. The molecule has 0 aliphatic heterocycles. The Morgan fingerprint density at radius 1 is 1.00 bits per heavy atom. The summed E-state index contributed by atoms with van der Waals surface area (Å²) < 4.78 is 52.6. The summed E-state index contributed by atoms with van der Waals surface area (Å²) in [6.07, 6.45) is 0. The number of halogens is 2. The molecule has 0 saturated carbocycles. The van der Waals surface area contributed by atoms with Crippen LogP contribution in [0.2, 0.25) is 0 Å². The Kier molecular flexibility index (Phi) is 6.67. The summed E-state index contributed by atoms with van der Waals surface area (Å²) in [4.78, 5) is 12.1. The summed E-state index contributed by atoms with van der Waals surface area (Å²) in [5.74, 6) is -2.35. The van der Waals surface area contributed by atoms with Gasteiger partial charge in [0.25, 0.3) is 5.91 Å². The third-order valence-corrected chi connectivity index (χ3v) is 5.88. The molecule has 5 nitrogen and oxygen atoms in total. The number of amides is 1. The lowest BCUT2D eigenvalue weighted by Crippen LogP contribution is -2.33. The van der Waals surface area contributed by atoms with Crippen LogP contribution in [0, 0.1) is 11.6 Å². The van der Waals surface area contributed by atoms with E-state index < -0.39 is 32.8 Å². The molecule has 0 fully saturated rings. The van der Waals surface area contributed by atoms with E-state index in [-0.39, 0.29) is 18.0 Å². The Morgan fingerprint density at radius 2 is 1.56 bits per heavy atom. The first-order valence-corrected chi connectivity index (χ1v) is 9.99. The second kappa shape index (κ2) is 8.58. The Morgan fingerprint density at radius 3 is 2.07 bits per heavy atom. The number of hydrogen-bond donors (Lipinski definition) is 2. The average molecular weight is 396 g/mol. The minimum absolute atomic E-state index is 0.0689. The van der Waals surface area contributed by atoms with E-state index in [1.807, 2.05) is 6.92 Å². The molecule has 2 aromatic carbocycles. The second-order valence-corrected chi connectivity index (χ2v) is 8.90. The number of benzene rings is 2. The van der Waals surface area contributed by atoms with E-state index in [0.29, 0.717) is 11.8 Å². The van der Waals surface area contributed by atoms with Crippen molar-refractivity contribution in [1.82, 2.24) is 4.72 Å². The SMILES string of the molecule is CC(CNS(=O)(=O)C(C)C)c1ccc(NC(=O)c2cc(F)cc(F)c2)cc1. The zero-order chi connectivity index (χ0) is 20.2. The molecule has 1 atom stereocenters. The lowest BCUT2D eigenvalue weighted by atomic mass is 10.0. The highest BCUT2D eigenvalue weighted by atomic mass is 32.2. The lowest BCUT2D eigenvalue weighted by molar-refractivity contribution is 0.102. The van der Waals surface area contributed by atoms with Gasteiger partial charge >= 0.3 is 0 Å². The van der Waals surface area contributed by atoms with Crippen molar-refractivity contribution in [2.24, 2.45) is 0 Å². The largest absolute Gasteiger partial charge is 0.322 e. The van der Waals surface area contributed by atoms with Crippen LogP contribution in [0.5, 0.6) is 0 Å². The maximum absolute atomic E-state index is 13.2. The molecular weight excluding hydrogens is 374 g/mol. The number of hydrogen-bond acceptors (Lipinski definition) is 3. The molecule has 2 rings (SSSR count). The number of sulfonamides is 1. The van der Waals surface area contributed by atoms with Gasteiger partial charge in [0, 0.05) is 23.9 Å². The van der Waals surface area contributed by atoms with E-state index in [9.17, 15) is 22.0 Å². The summed E-state index contributed by atoms with van der Waals surface area (Å²) in [5, 5.41) is 2.06. The molecule has 0 aliphatic carbocycles. The summed E-state index contributed by atoms with van der Waals surface area (Å²) in [6, 6.07) is 9.42. The number of anilines is 1. The third kappa shape index (κ3) is 5.83. The molecule has 0 aromatic heterocycles. The van der Waals surface area contributed by atoms with Gasteiger partial charge in [-0.1, -0.05) is 19.1 Å². The van der Waals surface area contributed by atoms with Crippen LogP contribution in [-0.4, -0.2) is 26.1 Å². The second-order valence-electron chi connectivity index (χ2n) is 6.58. The van der Waals surface area contributed by atoms with E-state index in [1.165, 1.54) is 0 Å². The summed E-state index contributed by atoms with van der Waals surface area (Å²) in [5.41, 5.74) is 1.23. The van der Waals surface area contributed by atoms with E-state index in [0.717, 1.165) is 17.7 Å². The van der Waals surface area contributed by atoms with Crippen molar-refractivity contribution >= 4 is 21.6 Å². The molecule has 1 unspecified atom stereocenters. The van der Waals surface area contributed by atoms with Crippen LogP contribution >= 0.6 is 0 Å². The van der Waals surface area contributed by atoms with Crippen molar-refractivity contribution < 1.29 is 22.0 Å². The van der Waals surface area contributed by atoms with Crippen LogP contribution < -0.4 is 10.0 Å². The summed E-state index contributed by atoms with van der Waals surface area (Å²) >= 11 is 0. The molecular formula is C19H22F2N2O3S. The fourth-order valence-corrected chi connectivity index (χ4v) is 3.12. The Bertz CT molecular complexity index is 893. The average Bonchev–Trinajstić information content (AvgIpc) is 2.59. The predicted molar refractivity (Wildman–Crippen MR) is 101 cm³/mol. The van der Waals surface area contributed by atoms with Crippen LogP contribution in [0.15, 0.2) is 42.5 Å². The number of rotatable bonds is 7. The first kappa shape index (κ1) is 21.0. The maximum Gasteiger partial charge on any atom is 0.255 e. The molecule has 0 spiro atoms.